The lowest BCUT2D eigenvalue weighted by Crippen LogP contribution is -2.58. The number of benzene rings is 2. The molecular weight excluding hydrogens is 601 g/mol. The topological polar surface area (TPSA) is 91.1 Å². The number of piperazine rings is 1. The van der Waals surface area contributed by atoms with Crippen LogP contribution in [0.5, 0.6) is 5.75 Å². The van der Waals surface area contributed by atoms with Crippen molar-refractivity contribution >= 4 is 23.5 Å². The Morgan fingerprint density at radius 3 is 2.36 bits per heavy atom. The van der Waals surface area contributed by atoms with Crippen molar-refractivity contribution in [3.05, 3.63) is 82.4 Å². The Hall–Kier alpha value is -4.35. The normalized spacial score (nSPS) is 15.3. The first-order chi connectivity index (χ1) is 21.4. The molecule has 1 saturated heterocycles. The van der Waals surface area contributed by atoms with Gasteiger partial charge in [0.2, 0.25) is 0 Å². The molecule has 1 amide bonds. The van der Waals surface area contributed by atoms with Gasteiger partial charge < -0.3 is 23.7 Å². The van der Waals surface area contributed by atoms with Crippen molar-refractivity contribution in [1.82, 2.24) is 19.0 Å². The molecule has 0 N–H and O–H groups in total. The molecule has 2 aromatic heterocycles. The van der Waals surface area contributed by atoms with Crippen LogP contribution < -0.4 is 15.3 Å². The third-order valence-corrected chi connectivity index (χ3v) is 7.88. The van der Waals surface area contributed by atoms with Gasteiger partial charge in [0, 0.05) is 63.5 Å². The van der Waals surface area contributed by atoms with Gasteiger partial charge in [-0.1, -0.05) is 17.7 Å². The molecule has 10 nitrogen and oxygen atoms in total. The van der Waals surface area contributed by atoms with E-state index >= 15 is 4.39 Å². The van der Waals surface area contributed by atoms with Crippen LogP contribution in [0.4, 0.5) is 15.0 Å². The lowest BCUT2D eigenvalue weighted by molar-refractivity contribution is 0.00338. The molecule has 0 saturated carbocycles. The minimum Gasteiger partial charge on any atom is -0.495 e. The first-order valence-electron chi connectivity index (χ1n) is 14.5. The number of hydrogen-bond acceptors (Lipinski definition) is 7. The van der Waals surface area contributed by atoms with Crippen LogP contribution in [0.1, 0.15) is 20.8 Å². The average Bonchev–Trinajstić information content (AvgIpc) is 3.33. The van der Waals surface area contributed by atoms with Crippen molar-refractivity contribution in [2.75, 3.05) is 45.4 Å². The minimum absolute atomic E-state index is 0.233. The number of aryl methyl sites for hydroxylation is 1. The highest BCUT2D eigenvalue weighted by atomic mass is 35.5. The summed E-state index contributed by atoms with van der Waals surface area (Å²) in [6.45, 7) is 7.27. The zero-order chi connectivity index (χ0) is 32.5. The van der Waals surface area contributed by atoms with E-state index in [2.05, 4.69) is 9.88 Å². The molecule has 5 rings (SSSR count). The SMILES string of the molecule is COC[C@@H]1CN(c2cc(-c3cc(F)cc(-c4ccc(-n5ccn(C)c5=O)c(Cl)c4)c3OC)ccn2)CCN1C(=O)OC(C)(C)C. The summed E-state index contributed by atoms with van der Waals surface area (Å²) in [5.41, 5.74) is 2.04. The molecule has 0 aliphatic carbocycles. The largest absolute Gasteiger partial charge is 0.495 e. The van der Waals surface area contributed by atoms with Crippen LogP contribution in [0, 0.1) is 5.82 Å². The van der Waals surface area contributed by atoms with Crippen molar-refractivity contribution in [2.24, 2.45) is 7.05 Å². The smallest absolute Gasteiger partial charge is 0.410 e. The molecule has 2 aromatic carbocycles. The molecule has 0 radical (unpaired) electrons. The molecule has 1 atom stereocenters. The number of rotatable bonds is 7. The van der Waals surface area contributed by atoms with E-state index in [0.717, 1.165) is 0 Å². The number of methoxy groups -OCH3 is 2. The number of aromatic nitrogens is 3. The van der Waals surface area contributed by atoms with Crippen molar-refractivity contribution < 1.29 is 23.4 Å². The first kappa shape index (κ1) is 32.1. The van der Waals surface area contributed by atoms with Crippen molar-refractivity contribution in [1.29, 1.82) is 0 Å². The lowest BCUT2D eigenvalue weighted by Gasteiger charge is -2.41. The van der Waals surface area contributed by atoms with Gasteiger partial charge in [-0.3, -0.25) is 9.47 Å². The zero-order valence-electron chi connectivity index (χ0n) is 26.2. The number of carbonyl (C=O) groups excluding carboxylic acids is 1. The van der Waals surface area contributed by atoms with Crippen LogP contribution in [0.25, 0.3) is 27.9 Å². The molecule has 1 fully saturated rings. The fourth-order valence-corrected chi connectivity index (χ4v) is 5.75. The molecular formula is C33H37ClFN5O5. The number of nitrogens with zero attached hydrogens (tertiary/aromatic N) is 5. The molecule has 238 valence electrons. The zero-order valence-corrected chi connectivity index (χ0v) is 27.0. The Kier molecular flexibility index (Phi) is 9.22. The minimum atomic E-state index is -0.612. The van der Waals surface area contributed by atoms with E-state index in [4.69, 9.17) is 25.8 Å². The molecule has 12 heteroatoms. The number of carbonyl (C=O) groups is 1. The fraction of sp³-hybridized carbons (Fsp3) is 0.364. The Morgan fingerprint density at radius 1 is 1.04 bits per heavy atom. The van der Waals surface area contributed by atoms with E-state index in [-0.39, 0.29) is 17.8 Å². The van der Waals surface area contributed by atoms with Gasteiger partial charge in [0.05, 0.1) is 30.5 Å². The highest BCUT2D eigenvalue weighted by molar-refractivity contribution is 6.32. The van der Waals surface area contributed by atoms with Gasteiger partial charge in [-0.05, 0) is 68.3 Å². The summed E-state index contributed by atoms with van der Waals surface area (Å²) in [5, 5.41) is 0.330. The van der Waals surface area contributed by atoms with Gasteiger partial charge >= 0.3 is 11.8 Å². The van der Waals surface area contributed by atoms with E-state index in [1.54, 1.807) is 61.9 Å². The van der Waals surface area contributed by atoms with Crippen molar-refractivity contribution in [3.63, 3.8) is 0 Å². The van der Waals surface area contributed by atoms with Crippen LogP contribution >= 0.6 is 11.6 Å². The number of hydrogen-bond donors (Lipinski definition) is 0. The number of imidazole rings is 1. The summed E-state index contributed by atoms with van der Waals surface area (Å²) in [6.07, 6.45) is 4.58. The first-order valence-corrected chi connectivity index (χ1v) is 14.9. The second kappa shape index (κ2) is 12.9. The monoisotopic (exact) mass is 637 g/mol. The summed E-state index contributed by atoms with van der Waals surface area (Å²) in [5.74, 6) is 0.678. The lowest BCUT2D eigenvalue weighted by atomic mass is 9.97. The quantitative estimate of drug-likeness (QED) is 0.254. The number of ether oxygens (including phenoxy) is 3. The predicted octanol–water partition coefficient (Wildman–Crippen LogP) is 5.78. The van der Waals surface area contributed by atoms with Crippen molar-refractivity contribution in [2.45, 2.75) is 32.4 Å². The molecule has 3 heterocycles. The van der Waals surface area contributed by atoms with Gasteiger partial charge in [0.25, 0.3) is 0 Å². The summed E-state index contributed by atoms with van der Waals surface area (Å²) < 4.78 is 35.0. The predicted molar refractivity (Wildman–Crippen MR) is 172 cm³/mol. The van der Waals surface area contributed by atoms with Crippen LogP contribution in [-0.2, 0) is 16.5 Å². The molecule has 1 aliphatic heterocycles. The number of anilines is 1. The van der Waals surface area contributed by atoms with E-state index in [1.165, 1.54) is 28.4 Å². The summed E-state index contributed by atoms with van der Waals surface area (Å²) in [7, 11) is 4.79. The summed E-state index contributed by atoms with van der Waals surface area (Å²) in [4.78, 5) is 33.7. The maximum Gasteiger partial charge on any atom is 0.410 e. The average molecular weight is 638 g/mol. The number of amides is 1. The third kappa shape index (κ3) is 6.84. The number of pyridine rings is 1. The highest BCUT2D eigenvalue weighted by Gasteiger charge is 2.34. The van der Waals surface area contributed by atoms with Crippen LogP contribution in [0.2, 0.25) is 5.02 Å². The van der Waals surface area contributed by atoms with Gasteiger partial charge in [0.15, 0.2) is 0 Å². The Bertz CT molecular complexity index is 1770. The Morgan fingerprint density at radius 2 is 1.76 bits per heavy atom. The molecule has 0 spiro atoms. The van der Waals surface area contributed by atoms with Gasteiger partial charge in [-0.15, -0.1) is 0 Å². The van der Waals surface area contributed by atoms with E-state index in [1.807, 2.05) is 26.8 Å². The maximum atomic E-state index is 15.2. The van der Waals surface area contributed by atoms with E-state index in [0.29, 0.717) is 70.8 Å². The Balaban J connectivity index is 1.46. The summed E-state index contributed by atoms with van der Waals surface area (Å²) in [6, 6.07) is 11.4. The van der Waals surface area contributed by atoms with Crippen molar-refractivity contribution in [3.8, 4) is 33.7 Å². The van der Waals surface area contributed by atoms with Gasteiger partial charge in [-0.25, -0.2) is 19.0 Å². The molecule has 0 bridgehead atoms. The van der Waals surface area contributed by atoms with Crippen LogP contribution in [-0.4, -0.2) is 77.2 Å². The standard InChI is InChI=1S/C33H37ClFN5O5/c1-33(2,3)45-32(42)39-14-12-38(19-24(39)20-43-5)29-16-22(9-10-36-29)26-18-23(35)17-25(30(26)44-6)21-7-8-28(27(34)15-21)40-13-11-37(4)31(40)41/h7-11,13,15-18,24H,12,14,19-20H2,1-6H3/t24-/m0/s1. The Labute approximate surface area is 266 Å². The fourth-order valence-electron chi connectivity index (χ4n) is 5.48. The van der Waals surface area contributed by atoms with E-state index < -0.39 is 11.4 Å². The maximum absolute atomic E-state index is 15.2. The second-order valence-corrected chi connectivity index (χ2v) is 12.3. The van der Waals surface area contributed by atoms with Gasteiger partial charge in [0.1, 0.15) is 23.0 Å². The molecule has 1 aliphatic rings. The second-order valence-electron chi connectivity index (χ2n) is 11.9. The van der Waals surface area contributed by atoms with Crippen LogP contribution in [0.15, 0.2) is 65.8 Å². The molecule has 4 aromatic rings. The molecule has 45 heavy (non-hydrogen) atoms. The molecule has 0 unspecified atom stereocenters. The number of halogens is 2. The van der Waals surface area contributed by atoms with Crippen LogP contribution in [0.3, 0.4) is 0 Å². The van der Waals surface area contributed by atoms with E-state index in [9.17, 15) is 9.59 Å². The highest BCUT2D eigenvalue weighted by Crippen LogP contribution is 2.41. The van der Waals surface area contributed by atoms with Gasteiger partial charge in [-0.2, -0.15) is 0 Å². The summed E-state index contributed by atoms with van der Waals surface area (Å²) >= 11 is 6.63. The third-order valence-electron chi connectivity index (χ3n) is 7.57.